The SMILES string of the molecule is CC(=O)Nc1cccc(C2(F)C=NC(C(=O)O)=C(N)C2)c1. The largest absolute Gasteiger partial charge is 0.476 e. The number of nitrogens with zero attached hydrogens (tertiary/aromatic N) is 1. The zero-order valence-electron chi connectivity index (χ0n) is 11.3. The fourth-order valence-corrected chi connectivity index (χ4v) is 2.08. The van der Waals surface area contributed by atoms with Gasteiger partial charge in [0.15, 0.2) is 11.4 Å². The summed E-state index contributed by atoms with van der Waals surface area (Å²) in [6.07, 6.45) is 0.626. The highest BCUT2D eigenvalue weighted by Crippen LogP contribution is 2.35. The van der Waals surface area contributed by atoms with Crippen LogP contribution in [0.2, 0.25) is 0 Å². The van der Waals surface area contributed by atoms with Crippen molar-refractivity contribution in [2.75, 3.05) is 5.32 Å². The van der Waals surface area contributed by atoms with E-state index in [-0.39, 0.29) is 29.3 Å². The molecule has 2 rings (SSSR count). The highest BCUT2D eigenvalue weighted by Gasteiger charge is 2.36. The number of nitrogens with one attached hydrogen (secondary N) is 1. The predicted octanol–water partition coefficient (Wildman–Crippen LogP) is 1.54. The molecule has 6 nitrogen and oxygen atoms in total. The number of aliphatic carboxylic acids is 1. The monoisotopic (exact) mass is 291 g/mol. The third-order valence-corrected chi connectivity index (χ3v) is 3.02. The first-order valence-electron chi connectivity index (χ1n) is 6.16. The number of aliphatic imine (C=N–C) groups is 1. The van der Waals surface area contributed by atoms with Crippen molar-refractivity contribution >= 4 is 23.8 Å². The highest BCUT2D eigenvalue weighted by atomic mass is 19.1. The zero-order chi connectivity index (χ0) is 15.6. The van der Waals surface area contributed by atoms with Gasteiger partial charge in [-0.05, 0) is 17.7 Å². The summed E-state index contributed by atoms with van der Waals surface area (Å²) in [4.78, 5) is 25.5. The lowest BCUT2D eigenvalue weighted by Crippen LogP contribution is -2.30. The van der Waals surface area contributed by atoms with Crippen LogP contribution in [0, 0.1) is 0 Å². The van der Waals surface area contributed by atoms with Gasteiger partial charge in [0.1, 0.15) is 0 Å². The van der Waals surface area contributed by atoms with Crippen molar-refractivity contribution in [3.05, 3.63) is 41.2 Å². The zero-order valence-corrected chi connectivity index (χ0v) is 11.3. The number of hydrogen-bond donors (Lipinski definition) is 3. The molecule has 4 N–H and O–H groups in total. The lowest BCUT2D eigenvalue weighted by atomic mass is 9.89. The summed E-state index contributed by atoms with van der Waals surface area (Å²) < 4.78 is 14.9. The van der Waals surface area contributed by atoms with Gasteiger partial charge in [-0.2, -0.15) is 0 Å². The summed E-state index contributed by atoms with van der Waals surface area (Å²) >= 11 is 0. The molecule has 1 aliphatic rings. The molecule has 1 aromatic rings. The van der Waals surface area contributed by atoms with Crippen LogP contribution in [-0.2, 0) is 15.3 Å². The van der Waals surface area contributed by atoms with E-state index < -0.39 is 11.6 Å². The number of anilines is 1. The average Bonchev–Trinajstić information content (AvgIpc) is 2.37. The summed E-state index contributed by atoms with van der Waals surface area (Å²) in [6, 6.07) is 6.20. The Kier molecular flexibility index (Phi) is 3.75. The number of alkyl halides is 1. The van der Waals surface area contributed by atoms with Gasteiger partial charge in [0.25, 0.3) is 0 Å². The van der Waals surface area contributed by atoms with E-state index in [4.69, 9.17) is 10.8 Å². The predicted molar refractivity (Wildman–Crippen MR) is 75.5 cm³/mol. The lowest BCUT2D eigenvalue weighted by Gasteiger charge is -2.25. The van der Waals surface area contributed by atoms with Gasteiger partial charge in [-0.15, -0.1) is 0 Å². The Hall–Kier alpha value is -2.70. The molecule has 1 atom stereocenters. The molecule has 1 aromatic carbocycles. The minimum absolute atomic E-state index is 0.127. The maximum absolute atomic E-state index is 14.9. The van der Waals surface area contributed by atoms with Crippen LogP contribution in [0.25, 0.3) is 0 Å². The van der Waals surface area contributed by atoms with E-state index in [0.717, 1.165) is 6.21 Å². The quantitative estimate of drug-likeness (QED) is 0.785. The first-order chi connectivity index (χ1) is 9.82. The van der Waals surface area contributed by atoms with Gasteiger partial charge in [-0.1, -0.05) is 12.1 Å². The molecule has 1 amide bonds. The number of hydrogen-bond acceptors (Lipinski definition) is 4. The maximum atomic E-state index is 14.9. The molecule has 7 heteroatoms. The molecular weight excluding hydrogens is 277 g/mol. The van der Waals surface area contributed by atoms with Gasteiger partial charge in [0.05, 0.1) is 0 Å². The number of halogens is 1. The van der Waals surface area contributed by atoms with E-state index in [1.54, 1.807) is 12.1 Å². The first-order valence-corrected chi connectivity index (χ1v) is 6.16. The minimum Gasteiger partial charge on any atom is -0.476 e. The van der Waals surface area contributed by atoms with E-state index in [0.29, 0.717) is 5.69 Å². The molecule has 1 heterocycles. The van der Waals surface area contributed by atoms with Crippen molar-refractivity contribution in [3.8, 4) is 0 Å². The van der Waals surface area contributed by atoms with Crippen LogP contribution < -0.4 is 11.1 Å². The number of amides is 1. The van der Waals surface area contributed by atoms with Gasteiger partial charge in [-0.25, -0.2) is 14.2 Å². The lowest BCUT2D eigenvalue weighted by molar-refractivity contribution is -0.132. The molecule has 0 aromatic heterocycles. The second-order valence-corrected chi connectivity index (χ2v) is 4.74. The van der Waals surface area contributed by atoms with Crippen molar-refractivity contribution < 1.29 is 19.1 Å². The molecular formula is C14H14FN3O3. The number of rotatable bonds is 3. The Labute approximate surface area is 120 Å². The Morgan fingerprint density at radius 3 is 2.76 bits per heavy atom. The molecule has 0 spiro atoms. The number of carbonyl (C=O) groups excluding carboxylic acids is 1. The third kappa shape index (κ3) is 3.07. The molecule has 110 valence electrons. The highest BCUT2D eigenvalue weighted by molar-refractivity contribution is 5.92. The summed E-state index contributed by atoms with van der Waals surface area (Å²) in [7, 11) is 0. The number of carboxylic acid groups (broad SMARTS) is 1. The second kappa shape index (κ2) is 5.35. The van der Waals surface area contributed by atoms with E-state index in [1.807, 2.05) is 0 Å². The second-order valence-electron chi connectivity index (χ2n) is 4.74. The fourth-order valence-electron chi connectivity index (χ4n) is 2.08. The van der Waals surface area contributed by atoms with Crippen LogP contribution in [0.4, 0.5) is 10.1 Å². The molecule has 0 aliphatic carbocycles. The Morgan fingerprint density at radius 1 is 1.48 bits per heavy atom. The molecule has 1 unspecified atom stereocenters. The summed E-state index contributed by atoms with van der Waals surface area (Å²) in [5.41, 5.74) is 3.79. The molecule has 0 fully saturated rings. The van der Waals surface area contributed by atoms with E-state index >= 15 is 0 Å². The number of carbonyl (C=O) groups is 2. The minimum atomic E-state index is -2.00. The van der Waals surface area contributed by atoms with Crippen LogP contribution in [-0.4, -0.2) is 23.2 Å². The summed E-state index contributed by atoms with van der Waals surface area (Å²) in [5, 5.41) is 11.4. The van der Waals surface area contributed by atoms with Gasteiger partial charge in [-0.3, -0.25) is 4.79 Å². The topological polar surface area (TPSA) is 105 Å². The van der Waals surface area contributed by atoms with Crippen molar-refractivity contribution in [2.45, 2.75) is 19.0 Å². The van der Waals surface area contributed by atoms with E-state index in [1.165, 1.54) is 19.1 Å². The van der Waals surface area contributed by atoms with E-state index in [9.17, 15) is 14.0 Å². The molecule has 0 saturated heterocycles. The average molecular weight is 291 g/mol. The smallest absolute Gasteiger partial charge is 0.356 e. The third-order valence-electron chi connectivity index (χ3n) is 3.02. The van der Waals surface area contributed by atoms with Crippen molar-refractivity contribution in [2.24, 2.45) is 10.7 Å². The van der Waals surface area contributed by atoms with Gasteiger partial charge in [0.2, 0.25) is 5.91 Å². The van der Waals surface area contributed by atoms with Gasteiger partial charge < -0.3 is 16.2 Å². The molecule has 0 saturated carbocycles. The van der Waals surface area contributed by atoms with Crippen molar-refractivity contribution in [1.29, 1.82) is 0 Å². The standard InChI is InChI=1S/C14H14FN3O3/c1-8(19)18-10-4-2-3-9(5-10)14(15)6-11(16)12(13(20)21)17-7-14/h2-5,7H,6,16H2,1H3,(H,18,19)(H,20,21). The maximum Gasteiger partial charge on any atom is 0.356 e. The number of benzene rings is 1. The van der Waals surface area contributed by atoms with Crippen LogP contribution in [0.1, 0.15) is 18.9 Å². The number of carboxylic acids is 1. The Balaban J connectivity index is 2.33. The van der Waals surface area contributed by atoms with Gasteiger partial charge in [0, 0.05) is 30.9 Å². The van der Waals surface area contributed by atoms with Gasteiger partial charge >= 0.3 is 5.97 Å². The molecule has 0 bridgehead atoms. The van der Waals surface area contributed by atoms with Crippen LogP contribution >= 0.6 is 0 Å². The molecule has 1 aliphatic heterocycles. The Bertz CT molecular complexity index is 669. The van der Waals surface area contributed by atoms with Crippen molar-refractivity contribution in [3.63, 3.8) is 0 Å². The van der Waals surface area contributed by atoms with Crippen LogP contribution in [0.15, 0.2) is 40.7 Å². The Morgan fingerprint density at radius 2 is 2.19 bits per heavy atom. The van der Waals surface area contributed by atoms with Crippen LogP contribution in [0.3, 0.4) is 0 Å². The first kappa shape index (κ1) is 14.7. The van der Waals surface area contributed by atoms with Crippen molar-refractivity contribution in [1.82, 2.24) is 0 Å². The summed E-state index contributed by atoms with van der Waals surface area (Å²) in [6.45, 7) is 1.35. The van der Waals surface area contributed by atoms with Crippen LogP contribution in [0.5, 0.6) is 0 Å². The number of allylic oxidation sites excluding steroid dienone is 1. The fraction of sp³-hybridized carbons (Fsp3) is 0.214. The molecule has 0 radical (unpaired) electrons. The normalized spacial score (nSPS) is 21.2. The van der Waals surface area contributed by atoms with E-state index in [2.05, 4.69) is 10.3 Å². The number of nitrogens with two attached hydrogens (primary N) is 1. The summed E-state index contributed by atoms with van der Waals surface area (Å²) in [5.74, 6) is -1.57. The molecule has 21 heavy (non-hydrogen) atoms.